The van der Waals surface area contributed by atoms with Crippen LogP contribution in [0.25, 0.3) is 85.2 Å². The monoisotopic (exact) mass is 722 g/mol. The van der Waals surface area contributed by atoms with Crippen molar-refractivity contribution in [2.24, 2.45) is 15.7 Å². The van der Waals surface area contributed by atoms with Gasteiger partial charge in [0.25, 0.3) is 0 Å². The van der Waals surface area contributed by atoms with Crippen LogP contribution in [-0.4, -0.2) is 22.8 Å². The molecular formula is C51H38N4O. The van der Waals surface area contributed by atoms with Crippen LogP contribution in [0.2, 0.25) is 0 Å². The number of hydrogen-bond donors (Lipinski definition) is 1. The summed E-state index contributed by atoms with van der Waals surface area (Å²) in [5.74, 6) is 0.908. The number of para-hydroxylation sites is 1. The lowest BCUT2D eigenvalue weighted by molar-refractivity contribution is 0.577. The number of furan rings is 1. The molecule has 0 unspecified atom stereocenters. The van der Waals surface area contributed by atoms with Crippen LogP contribution in [0.5, 0.6) is 0 Å². The molecule has 0 saturated heterocycles. The van der Waals surface area contributed by atoms with Gasteiger partial charge in [0.15, 0.2) is 5.84 Å². The zero-order chi connectivity index (χ0) is 38.3. The second-order valence-electron chi connectivity index (χ2n) is 13.8. The highest BCUT2D eigenvalue weighted by molar-refractivity contribution is 6.27. The van der Waals surface area contributed by atoms with Crippen molar-refractivity contribution in [1.82, 2.24) is 4.57 Å². The zero-order valence-corrected chi connectivity index (χ0v) is 30.9. The van der Waals surface area contributed by atoms with E-state index in [0.29, 0.717) is 17.1 Å². The second kappa shape index (κ2) is 14.0. The van der Waals surface area contributed by atoms with E-state index < -0.39 is 0 Å². The van der Waals surface area contributed by atoms with Gasteiger partial charge in [0.2, 0.25) is 0 Å². The highest BCUT2D eigenvalue weighted by Crippen LogP contribution is 2.40. The summed E-state index contributed by atoms with van der Waals surface area (Å²) in [6.07, 6.45) is 5.76. The van der Waals surface area contributed by atoms with Crippen LogP contribution in [0.15, 0.2) is 179 Å². The van der Waals surface area contributed by atoms with E-state index in [-0.39, 0.29) is 6.54 Å². The molecule has 56 heavy (non-hydrogen) atoms. The Labute approximate surface area is 324 Å². The van der Waals surface area contributed by atoms with Crippen molar-refractivity contribution in [3.05, 3.63) is 197 Å². The fraction of sp³-hybridized carbons (Fsp3) is 0.0196. The van der Waals surface area contributed by atoms with Crippen LogP contribution in [0.4, 0.5) is 0 Å². The van der Waals surface area contributed by atoms with Crippen LogP contribution in [0.1, 0.15) is 11.1 Å². The first-order valence-corrected chi connectivity index (χ1v) is 18.5. The first-order chi connectivity index (χ1) is 27.5. The summed E-state index contributed by atoms with van der Waals surface area (Å²) in [6.45, 7) is 17.6. The fourth-order valence-corrected chi connectivity index (χ4v) is 8.01. The molecule has 7 aromatic carbocycles. The van der Waals surface area contributed by atoms with Gasteiger partial charge in [-0.25, -0.2) is 4.99 Å². The smallest absolute Gasteiger partial charge is 0.157 e. The molecule has 2 N–H and O–H groups in total. The Bertz CT molecular complexity index is 3280. The molecule has 0 aliphatic carbocycles. The lowest BCUT2D eigenvalue weighted by atomic mass is 9.91. The molecule has 5 heteroatoms. The third-order valence-corrected chi connectivity index (χ3v) is 10.5. The number of benzene rings is 7. The van der Waals surface area contributed by atoms with Gasteiger partial charge in [-0.1, -0.05) is 148 Å². The van der Waals surface area contributed by atoms with Crippen LogP contribution in [0.3, 0.4) is 0 Å². The molecule has 0 aliphatic rings. The SMILES string of the molecule is C=C/C=c1\c(=C)c2cccc3c2c2c1c(-c1ccc4oc(=C)/c(=C(\C=C)CN=C(N=C(N)c5ccccc5)c5ccccc5)c4c1)ccc2n3-c1ccccc1. The Morgan fingerprint density at radius 2 is 1.39 bits per heavy atom. The normalized spacial score (nSPS) is 13.3. The fourth-order valence-electron chi connectivity index (χ4n) is 8.01. The van der Waals surface area contributed by atoms with Gasteiger partial charge >= 0.3 is 0 Å². The molecule has 2 aromatic heterocycles. The Morgan fingerprint density at radius 1 is 0.696 bits per heavy atom. The maximum absolute atomic E-state index is 6.50. The van der Waals surface area contributed by atoms with Crippen molar-refractivity contribution < 1.29 is 4.42 Å². The minimum absolute atomic E-state index is 0.283. The number of nitrogens with zero attached hydrogens (tertiary/aromatic N) is 3. The van der Waals surface area contributed by atoms with E-state index in [9.17, 15) is 0 Å². The number of fused-ring (bicyclic) bond motifs is 1. The molecule has 0 spiro atoms. The maximum Gasteiger partial charge on any atom is 0.157 e. The van der Waals surface area contributed by atoms with E-state index in [1.807, 2.05) is 84.9 Å². The van der Waals surface area contributed by atoms with E-state index in [4.69, 9.17) is 20.1 Å². The van der Waals surface area contributed by atoms with Crippen molar-refractivity contribution in [2.45, 2.75) is 0 Å². The summed E-state index contributed by atoms with van der Waals surface area (Å²) in [4.78, 5) is 9.82. The van der Waals surface area contributed by atoms with E-state index in [1.54, 1.807) is 0 Å². The molecule has 9 rings (SSSR count). The molecule has 0 fully saturated rings. The van der Waals surface area contributed by atoms with Gasteiger partial charge in [-0.2, -0.15) is 0 Å². The third kappa shape index (κ3) is 5.65. The van der Waals surface area contributed by atoms with E-state index in [1.165, 1.54) is 10.8 Å². The zero-order valence-electron chi connectivity index (χ0n) is 30.9. The number of amidine groups is 2. The van der Waals surface area contributed by atoms with E-state index in [0.717, 1.165) is 81.9 Å². The molecule has 2 heterocycles. The molecule has 5 nitrogen and oxygen atoms in total. The number of aromatic nitrogens is 1. The Balaban J connectivity index is 1.26. The summed E-state index contributed by atoms with van der Waals surface area (Å²) in [6, 6.07) is 47.4. The van der Waals surface area contributed by atoms with Crippen molar-refractivity contribution in [3.8, 4) is 16.8 Å². The van der Waals surface area contributed by atoms with Gasteiger partial charge in [0.05, 0.1) is 17.6 Å². The molecule has 0 saturated carbocycles. The highest BCUT2D eigenvalue weighted by atomic mass is 16.3. The van der Waals surface area contributed by atoms with Crippen LogP contribution >= 0.6 is 0 Å². The molecule has 0 atom stereocenters. The van der Waals surface area contributed by atoms with Gasteiger partial charge in [-0.05, 0) is 68.9 Å². The number of allylic oxidation sites excluding steroid dienone is 1. The first-order valence-electron chi connectivity index (χ1n) is 18.5. The Morgan fingerprint density at radius 3 is 2.11 bits per heavy atom. The van der Waals surface area contributed by atoms with Crippen LogP contribution in [-0.2, 0) is 0 Å². The summed E-state index contributed by atoms with van der Waals surface area (Å²) >= 11 is 0. The topological polar surface area (TPSA) is 68.8 Å². The van der Waals surface area contributed by atoms with Crippen molar-refractivity contribution in [2.75, 3.05) is 6.54 Å². The van der Waals surface area contributed by atoms with E-state index >= 15 is 0 Å². The first kappa shape index (κ1) is 34.3. The Hall–Kier alpha value is -7.50. The van der Waals surface area contributed by atoms with Crippen LogP contribution in [0, 0.1) is 0 Å². The van der Waals surface area contributed by atoms with Crippen molar-refractivity contribution in [3.63, 3.8) is 0 Å². The molecule has 0 bridgehead atoms. The standard InChI is InChI=1S/C51H38N4O/c1-5-17-39-32(3)40-24-16-25-43-48(40)49-44(55(43)38-22-14-9-15-23-38)28-27-41(47(39)49)37-26-29-45-42(30-37)46(33(4)56-45)34(6-2)31-53-51(36-20-12-8-13-21-36)54-50(52)35-18-10-7-11-19-35/h5-30H,1-4,31H2,(H2,52,53,54)/b39-17+,46-34-. The lowest BCUT2D eigenvalue weighted by Crippen LogP contribution is -2.25. The molecule has 268 valence electrons. The summed E-state index contributed by atoms with van der Waals surface area (Å²) in [5, 5.41) is 8.45. The number of hydrogen-bond acceptors (Lipinski definition) is 2. The minimum Gasteiger partial charge on any atom is -0.457 e. The molecule has 0 aliphatic heterocycles. The van der Waals surface area contributed by atoms with Gasteiger partial charge in [0, 0.05) is 43.6 Å². The van der Waals surface area contributed by atoms with Gasteiger partial charge < -0.3 is 14.7 Å². The van der Waals surface area contributed by atoms with Gasteiger partial charge in [0.1, 0.15) is 16.8 Å². The molecular weight excluding hydrogens is 685 g/mol. The number of nitrogens with two attached hydrogens (primary N) is 1. The van der Waals surface area contributed by atoms with Gasteiger partial charge in [-0.3, -0.25) is 4.99 Å². The summed E-state index contributed by atoms with van der Waals surface area (Å²) < 4.78 is 8.64. The predicted molar refractivity (Wildman–Crippen MR) is 238 cm³/mol. The number of aliphatic imine (C=N–C) groups is 2. The maximum atomic E-state index is 6.50. The average molecular weight is 723 g/mol. The van der Waals surface area contributed by atoms with E-state index in [2.05, 4.69) is 104 Å². The van der Waals surface area contributed by atoms with Crippen molar-refractivity contribution in [1.29, 1.82) is 0 Å². The molecule has 9 aromatic rings. The minimum atomic E-state index is 0.283. The average Bonchev–Trinajstić information content (AvgIpc) is 3.76. The molecule has 0 amide bonds. The third-order valence-electron chi connectivity index (χ3n) is 10.5. The number of rotatable bonds is 8. The second-order valence-corrected chi connectivity index (χ2v) is 13.8. The van der Waals surface area contributed by atoms with Crippen molar-refractivity contribution >= 4 is 80.0 Å². The lowest BCUT2D eigenvalue weighted by Gasteiger charge is -2.12. The Kier molecular flexibility index (Phi) is 8.60. The predicted octanol–water partition coefficient (Wildman–Crippen LogP) is 8.76. The summed E-state index contributed by atoms with van der Waals surface area (Å²) in [7, 11) is 0. The van der Waals surface area contributed by atoms with Gasteiger partial charge in [-0.15, -0.1) is 0 Å². The highest BCUT2D eigenvalue weighted by Gasteiger charge is 2.21. The van der Waals surface area contributed by atoms with Crippen LogP contribution < -0.4 is 26.8 Å². The quantitative estimate of drug-likeness (QED) is 0.0969. The summed E-state index contributed by atoms with van der Waals surface area (Å²) in [5.41, 5.74) is 15.8. The largest absolute Gasteiger partial charge is 0.457 e. The molecule has 0 radical (unpaired) electrons.